The van der Waals surface area contributed by atoms with E-state index in [0.717, 1.165) is 30.7 Å². The summed E-state index contributed by atoms with van der Waals surface area (Å²) < 4.78 is 0. The van der Waals surface area contributed by atoms with Gasteiger partial charge in [-0.05, 0) is 54.7 Å². The van der Waals surface area contributed by atoms with E-state index in [1.165, 1.54) is 30.4 Å². The molecule has 1 unspecified atom stereocenters. The van der Waals surface area contributed by atoms with Crippen LogP contribution in [0.3, 0.4) is 0 Å². The molecule has 0 bridgehead atoms. The molecule has 21 heavy (non-hydrogen) atoms. The predicted octanol–water partition coefficient (Wildman–Crippen LogP) is 5.01. The average molecular weight is 280 g/mol. The molecule has 1 N–H and O–H groups in total. The Hall–Kier alpha value is -1.60. The second kappa shape index (κ2) is 6.91. The lowest BCUT2D eigenvalue weighted by Gasteiger charge is -2.26. The Labute approximate surface area is 127 Å². The van der Waals surface area contributed by atoms with Crippen molar-refractivity contribution in [2.24, 2.45) is 0 Å². The first-order chi connectivity index (χ1) is 10.3. The summed E-state index contributed by atoms with van der Waals surface area (Å²) in [4.78, 5) is 0. The first-order valence-electron chi connectivity index (χ1n) is 8.15. The van der Waals surface area contributed by atoms with E-state index in [4.69, 9.17) is 0 Å². The zero-order chi connectivity index (χ0) is 14.5. The molecule has 1 saturated carbocycles. The molecule has 1 fully saturated rings. The Kier molecular flexibility index (Phi) is 4.72. The van der Waals surface area contributed by atoms with Gasteiger partial charge in [-0.15, -0.1) is 0 Å². The Morgan fingerprint density at radius 2 is 1.67 bits per heavy atom. The molecule has 1 atom stereocenters. The maximum Gasteiger partial charge on any atom is 0.0790 e. The van der Waals surface area contributed by atoms with Crippen molar-refractivity contribution in [1.82, 2.24) is 0 Å². The van der Waals surface area contributed by atoms with Crippen molar-refractivity contribution in [2.45, 2.75) is 50.5 Å². The molecule has 2 aromatic carbocycles. The molecule has 1 nitrogen and oxygen atoms in total. The largest absolute Gasteiger partial charge is 0.388 e. The molecule has 0 saturated heterocycles. The number of aryl methyl sites for hydroxylation is 1. The molecule has 2 aromatic rings. The summed E-state index contributed by atoms with van der Waals surface area (Å²) in [5, 5.41) is 10.3. The van der Waals surface area contributed by atoms with Crippen LogP contribution in [-0.4, -0.2) is 5.11 Å². The minimum atomic E-state index is -0.329. The summed E-state index contributed by atoms with van der Waals surface area (Å²) in [5.41, 5.74) is 3.86. The maximum atomic E-state index is 10.3. The van der Waals surface area contributed by atoms with Crippen LogP contribution in [0.25, 0.3) is 0 Å². The number of aliphatic hydroxyl groups is 1. The first-order valence-corrected chi connectivity index (χ1v) is 8.15. The summed E-state index contributed by atoms with van der Waals surface area (Å²) >= 11 is 0. The van der Waals surface area contributed by atoms with E-state index in [0.29, 0.717) is 0 Å². The second-order valence-corrected chi connectivity index (χ2v) is 6.19. The van der Waals surface area contributed by atoms with Gasteiger partial charge in [0.15, 0.2) is 0 Å². The van der Waals surface area contributed by atoms with E-state index in [-0.39, 0.29) is 6.10 Å². The van der Waals surface area contributed by atoms with E-state index < -0.39 is 0 Å². The third-order valence-corrected chi connectivity index (χ3v) is 4.68. The van der Waals surface area contributed by atoms with Crippen LogP contribution in [0.5, 0.6) is 0 Å². The van der Waals surface area contributed by atoms with Crippen LogP contribution >= 0.6 is 0 Å². The fraction of sp³-hybridized carbons (Fsp3) is 0.400. The molecule has 0 aromatic heterocycles. The van der Waals surface area contributed by atoms with Gasteiger partial charge in [0, 0.05) is 0 Å². The van der Waals surface area contributed by atoms with Gasteiger partial charge in [0.05, 0.1) is 6.10 Å². The molecule has 1 aliphatic rings. The highest BCUT2D eigenvalue weighted by molar-refractivity contribution is 5.27. The van der Waals surface area contributed by atoms with E-state index >= 15 is 0 Å². The van der Waals surface area contributed by atoms with Crippen LogP contribution in [0.4, 0.5) is 0 Å². The van der Waals surface area contributed by atoms with Crippen LogP contribution in [0.15, 0.2) is 54.6 Å². The second-order valence-electron chi connectivity index (χ2n) is 6.19. The molecular formula is C20H24O. The predicted molar refractivity (Wildman–Crippen MR) is 87.4 cm³/mol. The number of aliphatic hydroxyl groups excluding tert-OH is 1. The number of hydrogen-bond acceptors (Lipinski definition) is 1. The zero-order valence-electron chi connectivity index (χ0n) is 12.5. The van der Waals surface area contributed by atoms with Crippen molar-refractivity contribution < 1.29 is 5.11 Å². The highest BCUT2D eigenvalue weighted by Gasteiger charge is 2.19. The van der Waals surface area contributed by atoms with Crippen molar-refractivity contribution in [1.29, 1.82) is 0 Å². The molecule has 0 spiro atoms. The molecule has 1 heteroatoms. The molecule has 0 radical (unpaired) electrons. The van der Waals surface area contributed by atoms with Gasteiger partial charge in [0.25, 0.3) is 0 Å². The van der Waals surface area contributed by atoms with Crippen molar-refractivity contribution >= 4 is 0 Å². The fourth-order valence-corrected chi connectivity index (χ4v) is 3.04. The molecule has 0 amide bonds. The SMILES string of the molecule is OC(CCCc1ccccc1)c1ccc(C2CCC2)cc1. The van der Waals surface area contributed by atoms with Crippen LogP contribution in [0.2, 0.25) is 0 Å². The van der Waals surface area contributed by atoms with E-state index in [2.05, 4.69) is 48.5 Å². The van der Waals surface area contributed by atoms with Crippen LogP contribution in [0.1, 0.15) is 60.8 Å². The van der Waals surface area contributed by atoms with Gasteiger partial charge in [-0.25, -0.2) is 0 Å². The van der Waals surface area contributed by atoms with Gasteiger partial charge in [-0.2, -0.15) is 0 Å². The van der Waals surface area contributed by atoms with Gasteiger partial charge < -0.3 is 5.11 Å². The van der Waals surface area contributed by atoms with Gasteiger partial charge in [-0.1, -0.05) is 61.0 Å². The normalized spacial score (nSPS) is 16.4. The summed E-state index contributed by atoms with van der Waals surface area (Å²) in [6.07, 6.45) is 6.60. The summed E-state index contributed by atoms with van der Waals surface area (Å²) in [5.74, 6) is 0.772. The van der Waals surface area contributed by atoms with Gasteiger partial charge in [0.1, 0.15) is 0 Å². The molecule has 3 rings (SSSR count). The van der Waals surface area contributed by atoms with Gasteiger partial charge in [-0.3, -0.25) is 0 Å². The smallest absolute Gasteiger partial charge is 0.0790 e. The monoisotopic (exact) mass is 280 g/mol. The van der Waals surface area contributed by atoms with Crippen molar-refractivity contribution in [3.05, 3.63) is 71.3 Å². The highest BCUT2D eigenvalue weighted by atomic mass is 16.3. The summed E-state index contributed by atoms with van der Waals surface area (Å²) in [6.45, 7) is 0. The topological polar surface area (TPSA) is 20.2 Å². The Morgan fingerprint density at radius 1 is 0.952 bits per heavy atom. The third-order valence-electron chi connectivity index (χ3n) is 4.68. The minimum Gasteiger partial charge on any atom is -0.388 e. The molecule has 110 valence electrons. The number of rotatable bonds is 6. The Bertz CT molecular complexity index is 540. The molecule has 0 aliphatic heterocycles. The van der Waals surface area contributed by atoms with E-state index in [1.54, 1.807) is 0 Å². The third kappa shape index (κ3) is 3.74. The fourth-order valence-electron chi connectivity index (χ4n) is 3.04. The standard InChI is InChI=1S/C20H24O/c21-20(11-4-8-16-6-2-1-3-7-16)19-14-12-18(13-15-19)17-9-5-10-17/h1-3,6-7,12-15,17,20-21H,4-5,8-11H2. The quantitative estimate of drug-likeness (QED) is 0.788. The van der Waals surface area contributed by atoms with Crippen LogP contribution in [-0.2, 0) is 6.42 Å². The molecule has 0 heterocycles. The van der Waals surface area contributed by atoms with Crippen LogP contribution < -0.4 is 0 Å². The van der Waals surface area contributed by atoms with Gasteiger partial charge >= 0.3 is 0 Å². The summed E-state index contributed by atoms with van der Waals surface area (Å²) in [7, 11) is 0. The summed E-state index contributed by atoms with van der Waals surface area (Å²) in [6, 6.07) is 19.1. The number of hydrogen-bond donors (Lipinski definition) is 1. The lowest BCUT2D eigenvalue weighted by atomic mass is 9.80. The Morgan fingerprint density at radius 3 is 2.29 bits per heavy atom. The van der Waals surface area contributed by atoms with Crippen molar-refractivity contribution in [2.75, 3.05) is 0 Å². The Balaban J connectivity index is 1.49. The number of benzene rings is 2. The highest BCUT2D eigenvalue weighted by Crippen LogP contribution is 2.36. The van der Waals surface area contributed by atoms with Crippen molar-refractivity contribution in [3.63, 3.8) is 0 Å². The van der Waals surface area contributed by atoms with E-state index in [9.17, 15) is 5.11 Å². The zero-order valence-corrected chi connectivity index (χ0v) is 12.5. The van der Waals surface area contributed by atoms with Crippen LogP contribution in [0, 0.1) is 0 Å². The molecular weight excluding hydrogens is 256 g/mol. The lowest BCUT2D eigenvalue weighted by molar-refractivity contribution is 0.164. The average Bonchev–Trinajstić information content (AvgIpc) is 2.47. The van der Waals surface area contributed by atoms with Gasteiger partial charge in [0.2, 0.25) is 0 Å². The van der Waals surface area contributed by atoms with Crippen molar-refractivity contribution in [3.8, 4) is 0 Å². The molecule has 1 aliphatic carbocycles. The lowest BCUT2D eigenvalue weighted by Crippen LogP contribution is -2.08. The first kappa shape index (κ1) is 14.3. The van der Waals surface area contributed by atoms with E-state index in [1.807, 2.05) is 6.07 Å². The maximum absolute atomic E-state index is 10.3. The minimum absolute atomic E-state index is 0.329.